The number of hydrogen-bond acceptors (Lipinski definition) is 4. The van der Waals surface area contributed by atoms with Gasteiger partial charge in [-0.15, -0.1) is 0 Å². The number of aryl methyl sites for hydroxylation is 1. The largest absolute Gasteiger partial charge is 0.491 e. The Labute approximate surface area is 180 Å². The fourth-order valence-corrected chi connectivity index (χ4v) is 2.87. The van der Waals surface area contributed by atoms with E-state index >= 15 is 0 Å². The summed E-state index contributed by atoms with van der Waals surface area (Å²) in [6, 6.07) is 3.88. The van der Waals surface area contributed by atoms with Gasteiger partial charge in [0, 0.05) is 25.4 Å². The van der Waals surface area contributed by atoms with Crippen molar-refractivity contribution in [2.24, 2.45) is 12.0 Å². The molecular weight excluding hydrogens is 411 g/mol. The first-order chi connectivity index (χ1) is 14.4. The van der Waals surface area contributed by atoms with E-state index in [2.05, 4.69) is 20.7 Å². The van der Waals surface area contributed by atoms with Crippen molar-refractivity contribution < 1.29 is 23.0 Å². The Kier molecular flexibility index (Phi) is 7.94. The van der Waals surface area contributed by atoms with Crippen LogP contribution in [0.15, 0.2) is 35.6 Å². The van der Waals surface area contributed by atoms with E-state index in [1.165, 1.54) is 12.1 Å². The molecule has 31 heavy (non-hydrogen) atoms. The van der Waals surface area contributed by atoms with Gasteiger partial charge in [0.2, 0.25) is 0 Å². The molecule has 0 aliphatic carbocycles. The van der Waals surface area contributed by atoms with E-state index in [9.17, 15) is 18.3 Å². The molecule has 1 atom stereocenters. The lowest BCUT2D eigenvalue weighted by atomic mass is 10.00. The summed E-state index contributed by atoms with van der Waals surface area (Å²) in [5.41, 5.74) is -1.39. The Morgan fingerprint density at radius 3 is 2.55 bits per heavy atom. The second-order valence-electron chi connectivity index (χ2n) is 7.71. The van der Waals surface area contributed by atoms with Gasteiger partial charge >= 0.3 is 6.18 Å². The van der Waals surface area contributed by atoms with Crippen LogP contribution in [0.5, 0.6) is 5.75 Å². The lowest BCUT2D eigenvalue weighted by molar-refractivity contribution is -0.138. The van der Waals surface area contributed by atoms with Crippen LogP contribution in [0, 0.1) is 0 Å². The minimum absolute atomic E-state index is 0.0276. The molecule has 0 saturated carbocycles. The van der Waals surface area contributed by atoms with Gasteiger partial charge in [-0.05, 0) is 45.4 Å². The number of hydrogen-bond donors (Lipinski definition) is 3. The van der Waals surface area contributed by atoms with Crippen molar-refractivity contribution >= 4 is 5.96 Å². The predicted molar refractivity (Wildman–Crippen MR) is 113 cm³/mol. The number of aliphatic imine (C=N–C) groups is 1. The Balaban J connectivity index is 2.19. The van der Waals surface area contributed by atoms with Crippen molar-refractivity contribution in [3.8, 4) is 5.75 Å². The minimum Gasteiger partial charge on any atom is -0.491 e. The zero-order chi connectivity index (χ0) is 23.2. The van der Waals surface area contributed by atoms with Gasteiger partial charge in [0.25, 0.3) is 0 Å². The number of rotatable bonds is 8. The summed E-state index contributed by atoms with van der Waals surface area (Å²) in [5, 5.41) is 20.7. The predicted octanol–water partition coefficient (Wildman–Crippen LogP) is 3.19. The van der Waals surface area contributed by atoms with E-state index < -0.39 is 17.3 Å². The van der Waals surface area contributed by atoms with Crippen LogP contribution < -0.4 is 15.4 Å². The monoisotopic (exact) mass is 441 g/mol. The number of alkyl halides is 3. The Morgan fingerprint density at radius 1 is 1.29 bits per heavy atom. The third-order valence-corrected chi connectivity index (χ3v) is 4.44. The van der Waals surface area contributed by atoms with Crippen molar-refractivity contribution in [1.82, 2.24) is 20.4 Å². The highest BCUT2D eigenvalue weighted by molar-refractivity contribution is 5.79. The fraction of sp³-hybridized carbons (Fsp3) is 0.524. The second-order valence-corrected chi connectivity index (χ2v) is 7.71. The Hall–Kier alpha value is -2.75. The third kappa shape index (κ3) is 7.16. The van der Waals surface area contributed by atoms with Crippen molar-refractivity contribution in [3.63, 3.8) is 0 Å². The molecule has 172 valence electrons. The number of guanidine groups is 1. The zero-order valence-corrected chi connectivity index (χ0v) is 18.4. The highest BCUT2D eigenvalue weighted by Crippen LogP contribution is 2.35. The number of aliphatic hydroxyl groups is 1. The number of nitrogens with zero attached hydrogens (tertiary/aromatic N) is 3. The van der Waals surface area contributed by atoms with Crippen molar-refractivity contribution in [1.29, 1.82) is 0 Å². The normalized spacial score (nSPS) is 14.5. The highest BCUT2D eigenvalue weighted by Gasteiger charge is 2.34. The zero-order valence-electron chi connectivity index (χ0n) is 18.4. The van der Waals surface area contributed by atoms with E-state index in [0.29, 0.717) is 18.1 Å². The molecule has 2 rings (SSSR count). The van der Waals surface area contributed by atoms with Crippen molar-refractivity contribution in [3.05, 3.63) is 47.3 Å². The van der Waals surface area contributed by atoms with Gasteiger partial charge in [0.1, 0.15) is 11.4 Å². The quantitative estimate of drug-likeness (QED) is 0.433. The second kappa shape index (κ2) is 10.0. The van der Waals surface area contributed by atoms with Crippen LogP contribution in [0.3, 0.4) is 0 Å². The lowest BCUT2D eigenvalue weighted by Crippen LogP contribution is -2.44. The van der Waals surface area contributed by atoms with Gasteiger partial charge in [-0.1, -0.05) is 6.07 Å². The number of aromatic nitrogens is 2. The molecule has 0 aliphatic heterocycles. The van der Waals surface area contributed by atoms with E-state index in [-0.39, 0.29) is 30.5 Å². The number of benzene rings is 1. The van der Waals surface area contributed by atoms with Crippen molar-refractivity contribution in [2.45, 2.75) is 52.1 Å². The molecule has 7 nitrogen and oxygen atoms in total. The molecule has 0 saturated heterocycles. The van der Waals surface area contributed by atoms with Crippen LogP contribution in [0.2, 0.25) is 0 Å². The van der Waals surface area contributed by atoms with Crippen molar-refractivity contribution in [2.75, 3.05) is 13.1 Å². The van der Waals surface area contributed by atoms with E-state index in [1.807, 2.05) is 6.92 Å². The fourth-order valence-electron chi connectivity index (χ4n) is 2.87. The summed E-state index contributed by atoms with van der Waals surface area (Å²) in [6.07, 6.45) is -1.51. The summed E-state index contributed by atoms with van der Waals surface area (Å²) in [4.78, 5) is 4.27. The van der Waals surface area contributed by atoms with Crippen LogP contribution in [0.4, 0.5) is 13.2 Å². The molecule has 0 spiro atoms. The summed E-state index contributed by atoms with van der Waals surface area (Å²) < 4.78 is 47.6. The van der Waals surface area contributed by atoms with Gasteiger partial charge in [0.15, 0.2) is 5.96 Å². The van der Waals surface area contributed by atoms with E-state index in [4.69, 9.17) is 4.74 Å². The first-order valence-corrected chi connectivity index (χ1v) is 10.0. The summed E-state index contributed by atoms with van der Waals surface area (Å²) in [6.45, 7) is 7.37. The molecule has 0 radical (unpaired) electrons. The maximum absolute atomic E-state index is 13.6. The van der Waals surface area contributed by atoms with E-state index in [1.54, 1.807) is 44.9 Å². The van der Waals surface area contributed by atoms with Gasteiger partial charge in [-0.2, -0.15) is 18.3 Å². The summed E-state index contributed by atoms with van der Waals surface area (Å²) in [7, 11) is 1.74. The van der Waals surface area contributed by atoms with Crippen LogP contribution >= 0.6 is 0 Å². The lowest BCUT2D eigenvalue weighted by Gasteiger charge is -2.24. The molecule has 2 aromatic rings. The SMILES string of the molecule is CCNC(=NCc1ccc(OC(C)C)cc1C(F)(F)F)NCC(C)(O)c1cnn(C)c1. The van der Waals surface area contributed by atoms with Gasteiger partial charge in [-0.3, -0.25) is 4.68 Å². The van der Waals surface area contributed by atoms with Crippen LogP contribution in [-0.2, 0) is 25.4 Å². The molecule has 1 aromatic heterocycles. The Morgan fingerprint density at radius 2 is 2.00 bits per heavy atom. The van der Waals surface area contributed by atoms with Gasteiger partial charge in [-0.25, -0.2) is 4.99 Å². The minimum atomic E-state index is -4.53. The topological polar surface area (TPSA) is 83.7 Å². The molecule has 0 fully saturated rings. The number of nitrogens with one attached hydrogen (secondary N) is 2. The average molecular weight is 441 g/mol. The highest BCUT2D eigenvalue weighted by atomic mass is 19.4. The standard InChI is InChI=1S/C21H30F3N5O2/c1-6-25-19(27-13-20(4,30)16-11-28-29(5)12-16)26-10-15-7-8-17(31-14(2)3)9-18(15)21(22,23)24/h7-9,11-12,14,30H,6,10,13H2,1-5H3,(H2,25,26,27). The number of halogens is 3. The van der Waals surface area contributed by atoms with Gasteiger partial charge in [0.05, 0.1) is 31.0 Å². The molecule has 0 aliphatic rings. The van der Waals surface area contributed by atoms with Gasteiger partial charge < -0.3 is 20.5 Å². The molecule has 1 aromatic carbocycles. The molecule has 3 N–H and O–H groups in total. The summed E-state index contributed by atoms with van der Waals surface area (Å²) in [5.74, 6) is 0.454. The maximum atomic E-state index is 13.6. The van der Waals surface area contributed by atoms with Crippen LogP contribution in [-0.4, -0.2) is 40.0 Å². The third-order valence-electron chi connectivity index (χ3n) is 4.44. The molecule has 1 heterocycles. The smallest absolute Gasteiger partial charge is 0.416 e. The number of ether oxygens (including phenoxy) is 1. The average Bonchev–Trinajstić information content (AvgIpc) is 3.11. The Bertz CT molecular complexity index is 891. The van der Waals surface area contributed by atoms with Crippen LogP contribution in [0.25, 0.3) is 0 Å². The molecule has 10 heteroatoms. The molecular formula is C21H30F3N5O2. The van der Waals surface area contributed by atoms with Crippen LogP contribution in [0.1, 0.15) is 44.4 Å². The summed E-state index contributed by atoms with van der Waals surface area (Å²) >= 11 is 0. The molecule has 1 unspecified atom stereocenters. The first-order valence-electron chi connectivity index (χ1n) is 10.0. The maximum Gasteiger partial charge on any atom is 0.416 e. The molecule has 0 amide bonds. The molecule has 0 bridgehead atoms. The first kappa shape index (κ1) is 24.5. The van der Waals surface area contributed by atoms with E-state index in [0.717, 1.165) is 6.07 Å².